The fourth-order valence-corrected chi connectivity index (χ4v) is 1.36. The molecule has 0 spiro atoms. The molecule has 1 aromatic rings. The Morgan fingerprint density at radius 1 is 1.33 bits per heavy atom. The zero-order chi connectivity index (χ0) is 11.4. The maximum Gasteiger partial charge on any atom is 0.127 e. The van der Waals surface area contributed by atoms with E-state index in [0.717, 1.165) is 22.6 Å². The van der Waals surface area contributed by atoms with Crippen LogP contribution >= 0.6 is 0 Å². The number of nitrogen functional groups attached to an aromatic ring is 1. The smallest absolute Gasteiger partial charge is 0.127 e. The normalized spacial score (nSPS) is 9.87. The van der Waals surface area contributed by atoms with Crippen molar-refractivity contribution in [2.24, 2.45) is 0 Å². The van der Waals surface area contributed by atoms with Crippen molar-refractivity contribution >= 4 is 5.69 Å². The van der Waals surface area contributed by atoms with E-state index in [1.807, 2.05) is 26.0 Å². The molecule has 0 amide bonds. The molecule has 0 aromatic heterocycles. The third-order valence-electron chi connectivity index (χ3n) is 2.36. The topological polar surface area (TPSA) is 35.2 Å². The first-order valence-electron chi connectivity index (χ1n) is 5.14. The molecule has 0 saturated carbocycles. The van der Waals surface area contributed by atoms with Crippen molar-refractivity contribution in [3.63, 3.8) is 0 Å². The van der Waals surface area contributed by atoms with E-state index < -0.39 is 0 Å². The van der Waals surface area contributed by atoms with E-state index in [0.29, 0.717) is 6.61 Å². The average Bonchev–Trinajstić information content (AvgIpc) is 2.17. The molecule has 0 aliphatic heterocycles. The van der Waals surface area contributed by atoms with Crippen LogP contribution in [0.15, 0.2) is 23.8 Å². The van der Waals surface area contributed by atoms with E-state index >= 15 is 0 Å². The van der Waals surface area contributed by atoms with Crippen LogP contribution in [0.4, 0.5) is 5.69 Å². The quantitative estimate of drug-likeness (QED) is 0.607. The van der Waals surface area contributed by atoms with Crippen LogP contribution in [0.3, 0.4) is 0 Å². The number of rotatable bonds is 3. The number of aryl methyl sites for hydroxylation is 1. The molecule has 0 heterocycles. The van der Waals surface area contributed by atoms with Crippen molar-refractivity contribution in [1.29, 1.82) is 0 Å². The second kappa shape index (κ2) is 4.87. The fourth-order valence-electron chi connectivity index (χ4n) is 1.36. The number of ether oxygens (including phenoxy) is 1. The van der Waals surface area contributed by atoms with Crippen molar-refractivity contribution in [2.75, 3.05) is 12.3 Å². The Hall–Kier alpha value is -1.44. The molecule has 0 aliphatic carbocycles. The van der Waals surface area contributed by atoms with Crippen LogP contribution in [-0.4, -0.2) is 6.61 Å². The molecule has 0 atom stereocenters. The van der Waals surface area contributed by atoms with Gasteiger partial charge in [0.05, 0.1) is 0 Å². The average molecular weight is 205 g/mol. The molecule has 82 valence electrons. The van der Waals surface area contributed by atoms with E-state index in [-0.39, 0.29) is 0 Å². The molecule has 2 N–H and O–H groups in total. The Bertz CT molecular complexity index is 376. The summed E-state index contributed by atoms with van der Waals surface area (Å²) < 4.78 is 5.70. The number of hydrogen-bond acceptors (Lipinski definition) is 2. The van der Waals surface area contributed by atoms with E-state index in [1.54, 1.807) is 0 Å². The van der Waals surface area contributed by atoms with Crippen LogP contribution in [0.1, 0.15) is 25.0 Å². The Morgan fingerprint density at radius 2 is 2.00 bits per heavy atom. The Labute approximate surface area is 91.7 Å². The van der Waals surface area contributed by atoms with Crippen molar-refractivity contribution in [3.05, 3.63) is 34.9 Å². The van der Waals surface area contributed by atoms with Crippen molar-refractivity contribution < 1.29 is 4.74 Å². The van der Waals surface area contributed by atoms with Gasteiger partial charge in [0, 0.05) is 11.3 Å². The number of nitrogens with two attached hydrogens (primary N) is 1. The molecule has 0 unspecified atom stereocenters. The first-order chi connectivity index (χ1) is 7.02. The number of allylic oxidation sites excluding steroid dienone is 1. The summed E-state index contributed by atoms with van der Waals surface area (Å²) in [5.41, 5.74) is 10.0. The lowest BCUT2D eigenvalue weighted by Crippen LogP contribution is -2.01. The van der Waals surface area contributed by atoms with E-state index in [2.05, 4.69) is 19.9 Å². The van der Waals surface area contributed by atoms with E-state index in [4.69, 9.17) is 10.5 Å². The summed E-state index contributed by atoms with van der Waals surface area (Å²) in [6.45, 7) is 8.74. The molecular weight excluding hydrogens is 186 g/mol. The Morgan fingerprint density at radius 3 is 2.60 bits per heavy atom. The zero-order valence-corrected chi connectivity index (χ0v) is 9.92. The summed E-state index contributed by atoms with van der Waals surface area (Å²) in [4.78, 5) is 0. The second-order valence-electron chi connectivity index (χ2n) is 4.02. The standard InChI is InChI=1S/C13H19NO/c1-9(2)7-8-15-13-10(3)5-6-12(14)11(13)4/h5-7H,8,14H2,1-4H3. The minimum Gasteiger partial charge on any atom is -0.489 e. The van der Waals surface area contributed by atoms with Gasteiger partial charge in [-0.1, -0.05) is 11.6 Å². The Kier molecular flexibility index (Phi) is 3.78. The second-order valence-corrected chi connectivity index (χ2v) is 4.02. The minimum atomic E-state index is 0.605. The highest BCUT2D eigenvalue weighted by molar-refractivity contribution is 5.56. The van der Waals surface area contributed by atoms with Gasteiger partial charge in [-0.3, -0.25) is 0 Å². The molecular formula is C13H19NO. The van der Waals surface area contributed by atoms with Crippen LogP contribution in [-0.2, 0) is 0 Å². The molecule has 15 heavy (non-hydrogen) atoms. The van der Waals surface area contributed by atoms with Gasteiger partial charge in [0.1, 0.15) is 12.4 Å². The monoisotopic (exact) mass is 205 g/mol. The maximum absolute atomic E-state index is 5.83. The molecule has 1 aromatic carbocycles. The highest BCUT2D eigenvalue weighted by Crippen LogP contribution is 2.27. The molecule has 0 radical (unpaired) electrons. The number of anilines is 1. The van der Waals surface area contributed by atoms with Gasteiger partial charge in [-0.15, -0.1) is 0 Å². The molecule has 1 rings (SSSR count). The molecule has 0 bridgehead atoms. The van der Waals surface area contributed by atoms with Crippen molar-refractivity contribution in [3.8, 4) is 5.75 Å². The highest BCUT2D eigenvalue weighted by atomic mass is 16.5. The third-order valence-corrected chi connectivity index (χ3v) is 2.36. The van der Waals surface area contributed by atoms with Crippen molar-refractivity contribution in [2.45, 2.75) is 27.7 Å². The first kappa shape index (κ1) is 11.6. The van der Waals surface area contributed by atoms with Crippen LogP contribution < -0.4 is 10.5 Å². The van der Waals surface area contributed by atoms with Gasteiger partial charge in [0.25, 0.3) is 0 Å². The van der Waals surface area contributed by atoms with Crippen LogP contribution in [0.5, 0.6) is 5.75 Å². The predicted molar refractivity (Wildman–Crippen MR) is 65.3 cm³/mol. The van der Waals surface area contributed by atoms with Crippen LogP contribution in [0.25, 0.3) is 0 Å². The maximum atomic E-state index is 5.83. The zero-order valence-electron chi connectivity index (χ0n) is 9.92. The first-order valence-corrected chi connectivity index (χ1v) is 5.14. The van der Waals surface area contributed by atoms with E-state index in [1.165, 1.54) is 5.57 Å². The minimum absolute atomic E-state index is 0.605. The van der Waals surface area contributed by atoms with Crippen molar-refractivity contribution in [1.82, 2.24) is 0 Å². The Balaban J connectivity index is 2.85. The van der Waals surface area contributed by atoms with E-state index in [9.17, 15) is 0 Å². The SMILES string of the molecule is CC(C)=CCOc1c(C)ccc(N)c1C. The largest absolute Gasteiger partial charge is 0.489 e. The van der Waals surface area contributed by atoms with Gasteiger partial charge in [-0.05, 0) is 45.4 Å². The van der Waals surface area contributed by atoms with Gasteiger partial charge in [0.15, 0.2) is 0 Å². The molecule has 2 nitrogen and oxygen atoms in total. The molecule has 0 fully saturated rings. The third kappa shape index (κ3) is 3.01. The van der Waals surface area contributed by atoms with Crippen LogP contribution in [0, 0.1) is 13.8 Å². The van der Waals surface area contributed by atoms with Gasteiger partial charge in [0.2, 0.25) is 0 Å². The molecule has 0 aliphatic rings. The molecule has 2 heteroatoms. The van der Waals surface area contributed by atoms with Gasteiger partial charge < -0.3 is 10.5 Å². The lowest BCUT2D eigenvalue weighted by molar-refractivity contribution is 0.357. The fraction of sp³-hybridized carbons (Fsp3) is 0.385. The summed E-state index contributed by atoms with van der Waals surface area (Å²) in [5, 5.41) is 0. The summed E-state index contributed by atoms with van der Waals surface area (Å²) >= 11 is 0. The lowest BCUT2D eigenvalue weighted by atomic mass is 10.1. The van der Waals surface area contributed by atoms with Crippen LogP contribution in [0.2, 0.25) is 0 Å². The molecule has 0 saturated heterocycles. The highest BCUT2D eigenvalue weighted by Gasteiger charge is 2.05. The summed E-state index contributed by atoms with van der Waals surface area (Å²) in [7, 11) is 0. The van der Waals surface area contributed by atoms with Gasteiger partial charge >= 0.3 is 0 Å². The predicted octanol–water partition coefficient (Wildman–Crippen LogP) is 3.23. The lowest BCUT2D eigenvalue weighted by Gasteiger charge is -2.12. The van der Waals surface area contributed by atoms with Gasteiger partial charge in [-0.25, -0.2) is 0 Å². The summed E-state index contributed by atoms with van der Waals surface area (Å²) in [6, 6.07) is 3.90. The van der Waals surface area contributed by atoms with Gasteiger partial charge in [-0.2, -0.15) is 0 Å². The number of benzene rings is 1. The summed E-state index contributed by atoms with van der Waals surface area (Å²) in [6.07, 6.45) is 2.06. The summed E-state index contributed by atoms with van der Waals surface area (Å²) in [5.74, 6) is 0.910. The number of hydrogen-bond donors (Lipinski definition) is 1.